The molecule has 0 aliphatic heterocycles. The predicted octanol–water partition coefficient (Wildman–Crippen LogP) is 3.05. The summed E-state index contributed by atoms with van der Waals surface area (Å²) in [6.07, 6.45) is 2.79. The molecule has 1 N–H and O–H groups in total. The van der Waals surface area contributed by atoms with Crippen molar-refractivity contribution in [2.75, 3.05) is 0 Å². The van der Waals surface area contributed by atoms with Gasteiger partial charge < -0.3 is 0 Å². The van der Waals surface area contributed by atoms with Gasteiger partial charge in [0.1, 0.15) is 15.9 Å². The summed E-state index contributed by atoms with van der Waals surface area (Å²) >= 11 is 1.03. The van der Waals surface area contributed by atoms with Crippen LogP contribution < -0.4 is 4.72 Å². The first-order chi connectivity index (χ1) is 11.1. The number of nitrogens with one attached hydrogen (secondary N) is 1. The second-order valence-electron chi connectivity index (χ2n) is 5.65. The molecule has 0 saturated carbocycles. The van der Waals surface area contributed by atoms with Crippen molar-refractivity contribution in [1.82, 2.24) is 13.5 Å². The fraction of sp³-hybridized carbons (Fsp3) is 0.250. The Morgan fingerprint density at radius 2 is 1.96 bits per heavy atom. The van der Waals surface area contributed by atoms with E-state index in [-0.39, 0.29) is 10.9 Å². The van der Waals surface area contributed by atoms with Crippen molar-refractivity contribution < 1.29 is 8.42 Å². The Morgan fingerprint density at radius 3 is 2.87 bits per heavy atom. The molecule has 0 saturated heterocycles. The van der Waals surface area contributed by atoms with Crippen LogP contribution >= 0.6 is 11.7 Å². The van der Waals surface area contributed by atoms with Gasteiger partial charge in [0, 0.05) is 6.04 Å². The van der Waals surface area contributed by atoms with Crippen LogP contribution in [0.4, 0.5) is 0 Å². The maximum atomic E-state index is 12.8. The van der Waals surface area contributed by atoms with E-state index in [1.165, 1.54) is 5.56 Å². The fourth-order valence-electron chi connectivity index (χ4n) is 3.13. The topological polar surface area (TPSA) is 72.0 Å². The Balaban J connectivity index is 1.73. The van der Waals surface area contributed by atoms with Gasteiger partial charge in [0.05, 0.1) is 11.7 Å². The summed E-state index contributed by atoms with van der Waals surface area (Å²) in [4.78, 5) is 0.201. The number of fused-ring (bicyclic) bond motifs is 2. The van der Waals surface area contributed by atoms with Crippen molar-refractivity contribution in [2.24, 2.45) is 0 Å². The quantitative estimate of drug-likeness (QED) is 0.792. The number of aromatic nitrogens is 2. The first-order valence-electron chi connectivity index (χ1n) is 7.46. The third kappa shape index (κ3) is 2.65. The van der Waals surface area contributed by atoms with Crippen LogP contribution in [-0.4, -0.2) is 17.2 Å². The zero-order valence-corrected chi connectivity index (χ0v) is 13.9. The predicted molar refractivity (Wildman–Crippen MR) is 89.9 cm³/mol. The largest absolute Gasteiger partial charge is 0.243 e. The van der Waals surface area contributed by atoms with Crippen molar-refractivity contribution in [1.29, 1.82) is 0 Å². The van der Waals surface area contributed by atoms with Crippen molar-refractivity contribution >= 4 is 32.8 Å². The van der Waals surface area contributed by atoms with E-state index < -0.39 is 10.0 Å². The van der Waals surface area contributed by atoms with Crippen LogP contribution in [-0.2, 0) is 16.4 Å². The lowest BCUT2D eigenvalue weighted by Crippen LogP contribution is -2.31. The lowest BCUT2D eigenvalue weighted by molar-refractivity contribution is 0.508. The SMILES string of the molecule is O=S(=O)(N[C@@H]1CCCc2ccccc21)c1cccc2nsnc12. The molecule has 1 heterocycles. The van der Waals surface area contributed by atoms with E-state index in [2.05, 4.69) is 19.5 Å². The molecule has 1 aliphatic rings. The van der Waals surface area contributed by atoms with E-state index in [1.807, 2.05) is 18.2 Å². The maximum absolute atomic E-state index is 12.8. The Morgan fingerprint density at radius 1 is 1.09 bits per heavy atom. The highest BCUT2D eigenvalue weighted by Gasteiger charge is 2.27. The molecule has 0 bridgehead atoms. The Labute approximate surface area is 138 Å². The van der Waals surface area contributed by atoms with Gasteiger partial charge in [0.2, 0.25) is 10.0 Å². The minimum Gasteiger partial charge on any atom is -0.207 e. The molecule has 5 nitrogen and oxygen atoms in total. The first-order valence-corrected chi connectivity index (χ1v) is 9.68. The molecule has 4 rings (SSSR count). The van der Waals surface area contributed by atoms with E-state index in [0.29, 0.717) is 11.0 Å². The number of nitrogens with zero attached hydrogens (tertiary/aromatic N) is 2. The molecule has 3 aromatic rings. The summed E-state index contributed by atoms with van der Waals surface area (Å²) in [5, 5.41) is 0. The first kappa shape index (κ1) is 14.7. The minimum absolute atomic E-state index is 0.188. The standard InChI is InChI=1S/C16H15N3O2S2/c20-23(21,15-10-4-9-14-16(15)18-22-17-14)19-13-8-3-6-11-5-1-2-7-12(11)13/h1-2,4-5,7,9-10,13,19H,3,6,8H2/t13-/m1/s1. The van der Waals surface area contributed by atoms with Crippen LogP contribution in [0.5, 0.6) is 0 Å². The average molecular weight is 345 g/mol. The summed E-state index contributed by atoms with van der Waals surface area (Å²) < 4.78 is 36.8. The molecule has 23 heavy (non-hydrogen) atoms. The van der Waals surface area contributed by atoms with E-state index in [1.54, 1.807) is 18.2 Å². The van der Waals surface area contributed by atoms with E-state index in [9.17, 15) is 8.42 Å². The van der Waals surface area contributed by atoms with Gasteiger partial charge >= 0.3 is 0 Å². The van der Waals surface area contributed by atoms with Crippen LogP contribution in [0.15, 0.2) is 47.4 Å². The van der Waals surface area contributed by atoms with Crippen LogP contribution in [0.1, 0.15) is 30.0 Å². The number of hydrogen-bond acceptors (Lipinski definition) is 5. The second-order valence-corrected chi connectivity index (χ2v) is 7.86. The van der Waals surface area contributed by atoms with Gasteiger partial charge in [-0.15, -0.1) is 0 Å². The highest BCUT2D eigenvalue weighted by atomic mass is 32.2. The van der Waals surface area contributed by atoms with Crippen LogP contribution in [0.25, 0.3) is 11.0 Å². The number of rotatable bonds is 3. The van der Waals surface area contributed by atoms with Gasteiger partial charge in [0.25, 0.3) is 0 Å². The number of benzene rings is 2. The minimum atomic E-state index is -3.64. The average Bonchev–Trinajstić information content (AvgIpc) is 3.03. The summed E-state index contributed by atoms with van der Waals surface area (Å²) in [5.41, 5.74) is 3.35. The molecule has 1 aliphatic carbocycles. The maximum Gasteiger partial charge on any atom is 0.243 e. The highest BCUT2D eigenvalue weighted by Crippen LogP contribution is 2.31. The molecule has 0 radical (unpaired) electrons. The van der Waals surface area contributed by atoms with E-state index >= 15 is 0 Å². The van der Waals surface area contributed by atoms with Gasteiger partial charge in [-0.3, -0.25) is 0 Å². The van der Waals surface area contributed by atoms with E-state index in [4.69, 9.17) is 0 Å². The molecular weight excluding hydrogens is 330 g/mol. The molecule has 0 spiro atoms. The Hall–Kier alpha value is -1.83. The van der Waals surface area contributed by atoms with Crippen LogP contribution in [0.2, 0.25) is 0 Å². The molecule has 0 amide bonds. The third-order valence-corrected chi connectivity index (χ3v) is 6.25. The normalized spacial score (nSPS) is 18.0. The third-order valence-electron chi connectivity index (χ3n) is 4.21. The summed E-state index contributed by atoms with van der Waals surface area (Å²) in [7, 11) is -3.64. The van der Waals surface area contributed by atoms with Crippen molar-refractivity contribution in [3.05, 3.63) is 53.6 Å². The van der Waals surface area contributed by atoms with Crippen LogP contribution in [0.3, 0.4) is 0 Å². The zero-order chi connectivity index (χ0) is 15.9. The molecule has 0 fully saturated rings. The van der Waals surface area contributed by atoms with Gasteiger partial charge in [-0.2, -0.15) is 8.75 Å². The van der Waals surface area contributed by atoms with Gasteiger partial charge in [-0.1, -0.05) is 30.3 Å². The fourth-order valence-corrected chi connectivity index (χ4v) is 5.14. The number of sulfonamides is 1. The molecular formula is C16H15N3O2S2. The second kappa shape index (κ2) is 5.67. The Kier molecular flexibility index (Phi) is 3.63. The van der Waals surface area contributed by atoms with Crippen molar-refractivity contribution in [2.45, 2.75) is 30.2 Å². The lowest BCUT2D eigenvalue weighted by atomic mass is 9.88. The van der Waals surface area contributed by atoms with Gasteiger partial charge in [-0.25, -0.2) is 13.1 Å². The van der Waals surface area contributed by atoms with Crippen LogP contribution in [0, 0.1) is 0 Å². The lowest BCUT2D eigenvalue weighted by Gasteiger charge is -2.26. The molecule has 0 unspecified atom stereocenters. The van der Waals surface area contributed by atoms with Gasteiger partial charge in [-0.05, 0) is 42.5 Å². The molecule has 118 valence electrons. The van der Waals surface area contributed by atoms with Crippen molar-refractivity contribution in [3.8, 4) is 0 Å². The zero-order valence-electron chi connectivity index (χ0n) is 12.3. The van der Waals surface area contributed by atoms with E-state index in [0.717, 1.165) is 36.6 Å². The molecule has 1 aromatic heterocycles. The van der Waals surface area contributed by atoms with Crippen molar-refractivity contribution in [3.63, 3.8) is 0 Å². The summed E-state index contributed by atoms with van der Waals surface area (Å²) in [5.74, 6) is 0. The number of hydrogen-bond donors (Lipinski definition) is 1. The summed E-state index contributed by atoms with van der Waals surface area (Å²) in [6.45, 7) is 0. The molecule has 7 heteroatoms. The van der Waals surface area contributed by atoms with Gasteiger partial charge in [0.15, 0.2) is 0 Å². The highest BCUT2D eigenvalue weighted by molar-refractivity contribution is 7.89. The summed E-state index contributed by atoms with van der Waals surface area (Å²) in [6, 6.07) is 12.9. The monoisotopic (exact) mass is 345 g/mol. The smallest absolute Gasteiger partial charge is 0.207 e. The Bertz CT molecular complexity index is 966. The molecule has 2 aromatic carbocycles. The number of aryl methyl sites for hydroxylation is 1. The molecule has 1 atom stereocenters.